The third-order valence-corrected chi connectivity index (χ3v) is 7.51. The fourth-order valence-corrected chi connectivity index (χ4v) is 6.00. The van der Waals surface area contributed by atoms with Crippen molar-refractivity contribution in [1.29, 1.82) is 0 Å². The van der Waals surface area contributed by atoms with Gasteiger partial charge in [0, 0.05) is 17.8 Å². The number of amides is 1. The maximum absolute atomic E-state index is 13.0. The van der Waals surface area contributed by atoms with Crippen LogP contribution in [0, 0.1) is 0 Å². The molecule has 154 valence electrons. The molecule has 1 aromatic carbocycles. The Morgan fingerprint density at radius 1 is 1.27 bits per heavy atom. The lowest BCUT2D eigenvalue weighted by Crippen LogP contribution is -2.24. The fraction of sp³-hybridized carbons (Fsp3) is 0.333. The highest BCUT2D eigenvalue weighted by Crippen LogP contribution is 2.34. The molecule has 1 aliphatic carbocycles. The Hall–Kier alpha value is -2.78. The zero-order chi connectivity index (χ0) is 20.7. The smallest absolute Gasteiger partial charge is 0.262 e. The number of nitrogens with zero attached hydrogens (tertiary/aromatic N) is 3. The average Bonchev–Trinajstić information content (AvgIpc) is 3.33. The zero-order valence-corrected chi connectivity index (χ0v) is 18.1. The molecule has 3 aromatic heterocycles. The Kier molecular flexibility index (Phi) is 5.00. The minimum Gasteiger partial charge on any atom is -0.494 e. The van der Waals surface area contributed by atoms with Gasteiger partial charge in [-0.1, -0.05) is 17.4 Å². The second-order valence-corrected chi connectivity index (χ2v) is 9.37. The molecule has 0 bridgehead atoms. The number of rotatable bonds is 5. The number of anilines is 1. The summed E-state index contributed by atoms with van der Waals surface area (Å²) in [4.78, 5) is 36.5. The van der Waals surface area contributed by atoms with Gasteiger partial charge in [0.1, 0.15) is 16.1 Å². The largest absolute Gasteiger partial charge is 0.494 e. The number of benzene rings is 1. The first-order valence-electron chi connectivity index (χ1n) is 9.87. The lowest BCUT2D eigenvalue weighted by atomic mass is 9.97. The molecule has 4 aromatic rings. The van der Waals surface area contributed by atoms with Crippen molar-refractivity contribution in [2.45, 2.75) is 38.6 Å². The van der Waals surface area contributed by atoms with Gasteiger partial charge in [0.15, 0.2) is 5.13 Å². The minimum atomic E-state index is -0.188. The summed E-state index contributed by atoms with van der Waals surface area (Å²) in [6, 6.07) is 5.67. The van der Waals surface area contributed by atoms with Crippen LogP contribution in [0.15, 0.2) is 29.3 Å². The zero-order valence-electron chi connectivity index (χ0n) is 16.4. The van der Waals surface area contributed by atoms with Crippen LogP contribution < -0.4 is 15.6 Å². The lowest BCUT2D eigenvalue weighted by molar-refractivity contribution is -0.116. The Morgan fingerprint density at radius 2 is 2.13 bits per heavy atom. The number of para-hydroxylation sites is 1. The van der Waals surface area contributed by atoms with E-state index in [0.717, 1.165) is 39.7 Å². The molecule has 0 saturated heterocycles. The number of aromatic nitrogens is 3. The van der Waals surface area contributed by atoms with E-state index >= 15 is 0 Å². The fourth-order valence-electron chi connectivity index (χ4n) is 3.89. The number of carbonyl (C=O) groups is 1. The number of hydrogen-bond acceptors (Lipinski definition) is 7. The van der Waals surface area contributed by atoms with Gasteiger partial charge in [0.05, 0.1) is 23.5 Å². The summed E-state index contributed by atoms with van der Waals surface area (Å²) in [6.45, 7) is 0.284. The number of fused-ring (bicyclic) bond motifs is 4. The van der Waals surface area contributed by atoms with Gasteiger partial charge in [-0.25, -0.2) is 9.97 Å². The first-order valence-corrected chi connectivity index (χ1v) is 11.5. The van der Waals surface area contributed by atoms with E-state index in [-0.39, 0.29) is 24.4 Å². The van der Waals surface area contributed by atoms with Crippen molar-refractivity contribution in [1.82, 2.24) is 14.5 Å². The van der Waals surface area contributed by atoms with Gasteiger partial charge in [0.2, 0.25) is 5.91 Å². The van der Waals surface area contributed by atoms with Crippen molar-refractivity contribution in [2.24, 2.45) is 0 Å². The van der Waals surface area contributed by atoms with E-state index in [4.69, 9.17) is 4.74 Å². The van der Waals surface area contributed by atoms with Crippen LogP contribution in [0.3, 0.4) is 0 Å². The van der Waals surface area contributed by atoms with Crippen LogP contribution >= 0.6 is 22.7 Å². The van der Waals surface area contributed by atoms with Crippen LogP contribution in [-0.4, -0.2) is 27.6 Å². The van der Waals surface area contributed by atoms with Gasteiger partial charge < -0.3 is 10.1 Å². The number of thiophene rings is 1. The Morgan fingerprint density at radius 3 is 3.00 bits per heavy atom. The molecule has 1 aliphatic rings. The van der Waals surface area contributed by atoms with Gasteiger partial charge in [0.25, 0.3) is 5.56 Å². The molecule has 7 nitrogen and oxygen atoms in total. The van der Waals surface area contributed by atoms with E-state index in [1.54, 1.807) is 29.3 Å². The van der Waals surface area contributed by atoms with Crippen LogP contribution in [0.25, 0.3) is 20.4 Å². The SMILES string of the molecule is COc1cccc2sc(NC(=O)CCn3cnc4sc5c(c4c3=O)CCCC5)nc12. The molecule has 5 rings (SSSR count). The summed E-state index contributed by atoms with van der Waals surface area (Å²) in [7, 11) is 1.60. The van der Waals surface area contributed by atoms with Crippen LogP contribution in [0.5, 0.6) is 5.75 Å². The van der Waals surface area contributed by atoms with E-state index in [1.165, 1.54) is 28.2 Å². The average molecular weight is 441 g/mol. The number of ether oxygens (including phenoxy) is 1. The molecule has 0 fully saturated rings. The highest BCUT2D eigenvalue weighted by molar-refractivity contribution is 7.22. The summed E-state index contributed by atoms with van der Waals surface area (Å²) in [5.41, 5.74) is 1.85. The van der Waals surface area contributed by atoms with Crippen LogP contribution in [0.4, 0.5) is 5.13 Å². The predicted molar refractivity (Wildman–Crippen MR) is 120 cm³/mol. The second-order valence-electron chi connectivity index (χ2n) is 7.26. The molecule has 0 atom stereocenters. The van der Waals surface area contributed by atoms with E-state index in [0.29, 0.717) is 10.9 Å². The molecule has 9 heteroatoms. The quantitative estimate of drug-likeness (QED) is 0.507. The van der Waals surface area contributed by atoms with Gasteiger partial charge in [-0.2, -0.15) is 0 Å². The molecule has 0 saturated carbocycles. The highest BCUT2D eigenvalue weighted by Gasteiger charge is 2.20. The van der Waals surface area contributed by atoms with E-state index in [1.807, 2.05) is 18.2 Å². The van der Waals surface area contributed by atoms with Crippen molar-refractivity contribution >= 4 is 54.1 Å². The van der Waals surface area contributed by atoms with E-state index in [2.05, 4.69) is 15.3 Å². The first-order chi connectivity index (χ1) is 14.6. The number of nitrogens with one attached hydrogen (secondary N) is 1. The molecule has 0 spiro atoms. The van der Waals surface area contributed by atoms with Crippen molar-refractivity contribution in [3.8, 4) is 5.75 Å². The van der Waals surface area contributed by atoms with E-state index < -0.39 is 0 Å². The lowest BCUT2D eigenvalue weighted by Gasteiger charge is -2.10. The molecular formula is C21H20N4O3S2. The summed E-state index contributed by atoms with van der Waals surface area (Å²) in [6.07, 6.45) is 5.99. The topological polar surface area (TPSA) is 86.1 Å². The molecule has 0 unspecified atom stereocenters. The van der Waals surface area contributed by atoms with Gasteiger partial charge in [-0.3, -0.25) is 14.2 Å². The molecule has 0 radical (unpaired) electrons. The highest BCUT2D eigenvalue weighted by atomic mass is 32.1. The predicted octanol–water partition coefficient (Wildman–Crippen LogP) is 3.98. The van der Waals surface area contributed by atoms with E-state index in [9.17, 15) is 9.59 Å². The van der Waals surface area contributed by atoms with Gasteiger partial charge in [-0.05, 0) is 43.4 Å². The molecule has 0 aliphatic heterocycles. The first kappa shape index (κ1) is 19.2. The van der Waals surface area contributed by atoms with Crippen molar-refractivity contribution in [3.63, 3.8) is 0 Å². The Labute approximate surface area is 180 Å². The molecular weight excluding hydrogens is 420 g/mol. The van der Waals surface area contributed by atoms with Crippen LogP contribution in [0.2, 0.25) is 0 Å². The third kappa shape index (κ3) is 3.37. The summed E-state index contributed by atoms with van der Waals surface area (Å²) < 4.78 is 7.81. The minimum absolute atomic E-state index is 0.0445. The number of carbonyl (C=O) groups excluding carboxylic acids is 1. The summed E-state index contributed by atoms with van der Waals surface area (Å²) in [5, 5.41) is 4.10. The standard InChI is InChI=1S/C21H20N4O3S2/c1-28-13-6-4-8-15-18(13)24-21(30-15)23-16(26)9-10-25-11-22-19-17(20(25)27)12-5-2-3-7-14(12)29-19/h4,6,8,11H,2-3,5,7,9-10H2,1H3,(H,23,24,26). The monoisotopic (exact) mass is 440 g/mol. The second kappa shape index (κ2) is 7.81. The van der Waals surface area contributed by atoms with Crippen molar-refractivity contribution in [3.05, 3.63) is 45.3 Å². The number of aryl methyl sites for hydroxylation is 3. The Bertz CT molecular complexity index is 1320. The molecule has 1 N–H and O–H groups in total. The molecule has 1 amide bonds. The maximum Gasteiger partial charge on any atom is 0.262 e. The number of methoxy groups -OCH3 is 1. The number of hydrogen-bond donors (Lipinski definition) is 1. The Balaban J connectivity index is 1.32. The van der Waals surface area contributed by atoms with Gasteiger partial charge in [-0.15, -0.1) is 11.3 Å². The van der Waals surface area contributed by atoms with Gasteiger partial charge >= 0.3 is 0 Å². The summed E-state index contributed by atoms with van der Waals surface area (Å²) >= 11 is 3.03. The number of thiazole rings is 1. The maximum atomic E-state index is 13.0. The molecule has 3 heterocycles. The molecule has 30 heavy (non-hydrogen) atoms. The summed E-state index contributed by atoms with van der Waals surface area (Å²) in [5.74, 6) is 0.488. The van der Waals surface area contributed by atoms with Crippen LogP contribution in [-0.2, 0) is 24.2 Å². The van der Waals surface area contributed by atoms with Crippen LogP contribution in [0.1, 0.15) is 29.7 Å². The normalized spacial score (nSPS) is 13.5. The van der Waals surface area contributed by atoms with Crippen molar-refractivity contribution < 1.29 is 9.53 Å². The third-order valence-electron chi connectivity index (χ3n) is 5.37. The van der Waals surface area contributed by atoms with Crippen molar-refractivity contribution in [2.75, 3.05) is 12.4 Å².